The molecule has 1 N–H and O–H groups in total. The van der Waals surface area contributed by atoms with E-state index in [1.807, 2.05) is 6.07 Å². The van der Waals surface area contributed by atoms with Crippen molar-refractivity contribution in [1.29, 1.82) is 0 Å². The van der Waals surface area contributed by atoms with Gasteiger partial charge in [0.1, 0.15) is 0 Å². The van der Waals surface area contributed by atoms with Crippen LogP contribution in [0.5, 0.6) is 0 Å². The zero-order valence-electron chi connectivity index (χ0n) is 11.3. The molecule has 0 radical (unpaired) electrons. The minimum atomic E-state index is -0.308. The topological polar surface area (TPSA) is 20.2 Å². The Kier molecular flexibility index (Phi) is 4.85. The van der Waals surface area contributed by atoms with Gasteiger partial charge in [-0.25, -0.2) is 0 Å². The van der Waals surface area contributed by atoms with Crippen molar-refractivity contribution in [3.05, 3.63) is 33.8 Å². The lowest BCUT2D eigenvalue weighted by Crippen LogP contribution is -2.20. The van der Waals surface area contributed by atoms with Crippen LogP contribution in [0, 0.1) is 18.8 Å². The number of aliphatic hydroxyl groups excluding tert-OH is 1. The molecule has 0 aromatic heterocycles. The number of hydrogen-bond acceptors (Lipinski definition) is 1. The van der Waals surface area contributed by atoms with Gasteiger partial charge >= 0.3 is 0 Å². The van der Waals surface area contributed by atoms with Gasteiger partial charge in [0.05, 0.1) is 6.10 Å². The maximum atomic E-state index is 10.6. The minimum Gasteiger partial charge on any atom is -0.388 e. The Morgan fingerprint density at radius 3 is 2.56 bits per heavy atom. The third-order valence-electron chi connectivity index (χ3n) is 4.39. The van der Waals surface area contributed by atoms with Crippen LogP contribution in [-0.2, 0) is 0 Å². The molecule has 1 nitrogen and oxygen atoms in total. The lowest BCUT2D eigenvalue weighted by molar-refractivity contribution is 0.0723. The van der Waals surface area contributed by atoms with E-state index in [0.717, 1.165) is 16.0 Å². The SMILES string of the molecule is CCC1CCC(C(O)c2cc(C)ccc2Br)CC1. The molecule has 1 saturated carbocycles. The highest BCUT2D eigenvalue weighted by Crippen LogP contribution is 2.39. The summed E-state index contributed by atoms with van der Waals surface area (Å²) in [4.78, 5) is 0. The van der Waals surface area contributed by atoms with Gasteiger partial charge in [-0.1, -0.05) is 59.8 Å². The fraction of sp³-hybridized carbons (Fsp3) is 0.625. The van der Waals surface area contributed by atoms with Gasteiger partial charge < -0.3 is 5.11 Å². The summed E-state index contributed by atoms with van der Waals surface area (Å²) in [5, 5.41) is 10.6. The zero-order chi connectivity index (χ0) is 13.1. The molecule has 0 spiro atoms. The van der Waals surface area contributed by atoms with E-state index in [1.54, 1.807) is 0 Å². The van der Waals surface area contributed by atoms with Crippen molar-refractivity contribution in [3.63, 3.8) is 0 Å². The third-order valence-corrected chi connectivity index (χ3v) is 5.11. The number of aryl methyl sites for hydroxylation is 1. The molecule has 1 aliphatic rings. The largest absolute Gasteiger partial charge is 0.388 e. The Morgan fingerprint density at radius 1 is 1.28 bits per heavy atom. The van der Waals surface area contributed by atoms with Crippen LogP contribution in [0.2, 0.25) is 0 Å². The minimum absolute atomic E-state index is 0.308. The quantitative estimate of drug-likeness (QED) is 0.832. The van der Waals surface area contributed by atoms with Crippen LogP contribution >= 0.6 is 15.9 Å². The van der Waals surface area contributed by atoms with Crippen molar-refractivity contribution < 1.29 is 5.11 Å². The Labute approximate surface area is 119 Å². The van der Waals surface area contributed by atoms with Gasteiger partial charge in [0.15, 0.2) is 0 Å². The highest BCUT2D eigenvalue weighted by Gasteiger charge is 2.27. The Hall–Kier alpha value is -0.340. The van der Waals surface area contributed by atoms with E-state index >= 15 is 0 Å². The monoisotopic (exact) mass is 310 g/mol. The highest BCUT2D eigenvalue weighted by atomic mass is 79.9. The molecular formula is C16H23BrO. The molecule has 0 aliphatic heterocycles. The molecule has 1 aromatic rings. The second-order valence-electron chi connectivity index (χ2n) is 5.66. The number of aliphatic hydroxyl groups is 1. The molecule has 1 aromatic carbocycles. The van der Waals surface area contributed by atoms with Gasteiger partial charge in [-0.05, 0) is 43.2 Å². The molecule has 1 fully saturated rings. The summed E-state index contributed by atoms with van der Waals surface area (Å²) in [5.74, 6) is 1.32. The molecule has 0 heterocycles. The van der Waals surface area contributed by atoms with Crippen molar-refractivity contribution >= 4 is 15.9 Å². The van der Waals surface area contributed by atoms with E-state index < -0.39 is 0 Å². The Morgan fingerprint density at radius 2 is 1.94 bits per heavy atom. The van der Waals surface area contributed by atoms with Crippen molar-refractivity contribution in [2.24, 2.45) is 11.8 Å². The first-order valence-corrected chi connectivity index (χ1v) is 7.85. The van der Waals surface area contributed by atoms with E-state index in [-0.39, 0.29) is 6.10 Å². The molecule has 1 atom stereocenters. The summed E-state index contributed by atoms with van der Waals surface area (Å²) in [5.41, 5.74) is 2.28. The van der Waals surface area contributed by atoms with Gasteiger partial charge in [-0.2, -0.15) is 0 Å². The van der Waals surface area contributed by atoms with Gasteiger partial charge in [0.25, 0.3) is 0 Å². The normalized spacial score (nSPS) is 26.0. The molecule has 2 rings (SSSR count). The first-order valence-electron chi connectivity index (χ1n) is 7.06. The van der Waals surface area contributed by atoms with Gasteiger partial charge in [-0.15, -0.1) is 0 Å². The van der Waals surface area contributed by atoms with Crippen LogP contribution in [0.25, 0.3) is 0 Å². The zero-order valence-corrected chi connectivity index (χ0v) is 12.9. The van der Waals surface area contributed by atoms with Crippen LogP contribution in [0.4, 0.5) is 0 Å². The Bertz CT molecular complexity index is 394. The van der Waals surface area contributed by atoms with Crippen LogP contribution < -0.4 is 0 Å². The summed E-state index contributed by atoms with van der Waals surface area (Å²) < 4.78 is 1.04. The summed E-state index contributed by atoms with van der Waals surface area (Å²) in [6.45, 7) is 4.36. The van der Waals surface area contributed by atoms with Gasteiger partial charge in [0.2, 0.25) is 0 Å². The summed E-state index contributed by atoms with van der Waals surface area (Å²) in [6, 6.07) is 6.24. The predicted octanol–water partition coefficient (Wildman–Crippen LogP) is 5.01. The van der Waals surface area contributed by atoms with Crippen LogP contribution in [0.15, 0.2) is 22.7 Å². The molecule has 0 amide bonds. The number of rotatable bonds is 3. The number of benzene rings is 1. The second-order valence-corrected chi connectivity index (χ2v) is 6.51. The summed E-state index contributed by atoms with van der Waals surface area (Å²) in [7, 11) is 0. The first kappa shape index (κ1) is 14.1. The fourth-order valence-corrected chi connectivity index (χ4v) is 3.54. The second kappa shape index (κ2) is 6.21. The van der Waals surface area contributed by atoms with Gasteiger partial charge in [-0.3, -0.25) is 0 Å². The molecule has 100 valence electrons. The van der Waals surface area contributed by atoms with Crippen molar-refractivity contribution in [2.75, 3.05) is 0 Å². The van der Waals surface area contributed by atoms with Crippen LogP contribution in [0.3, 0.4) is 0 Å². The van der Waals surface area contributed by atoms with E-state index in [4.69, 9.17) is 0 Å². The van der Waals surface area contributed by atoms with E-state index in [1.165, 1.54) is 37.7 Å². The molecule has 1 unspecified atom stereocenters. The number of halogens is 1. The van der Waals surface area contributed by atoms with E-state index in [2.05, 4.69) is 41.9 Å². The van der Waals surface area contributed by atoms with Crippen LogP contribution in [0.1, 0.15) is 56.3 Å². The average Bonchev–Trinajstić information content (AvgIpc) is 2.41. The van der Waals surface area contributed by atoms with Crippen LogP contribution in [-0.4, -0.2) is 5.11 Å². The van der Waals surface area contributed by atoms with Crippen molar-refractivity contribution in [1.82, 2.24) is 0 Å². The standard InChI is InChI=1S/C16H23BrO/c1-3-12-5-7-13(8-6-12)16(18)14-10-11(2)4-9-15(14)17/h4,9-10,12-13,16,18H,3,5-8H2,1-2H3. The molecule has 2 heteroatoms. The smallest absolute Gasteiger partial charge is 0.0829 e. The third kappa shape index (κ3) is 3.16. The maximum absolute atomic E-state index is 10.6. The summed E-state index contributed by atoms with van der Waals surface area (Å²) >= 11 is 3.56. The molecule has 18 heavy (non-hydrogen) atoms. The molecular weight excluding hydrogens is 288 g/mol. The molecule has 0 bridgehead atoms. The first-order chi connectivity index (χ1) is 8.61. The van der Waals surface area contributed by atoms with Gasteiger partial charge in [0, 0.05) is 4.47 Å². The summed E-state index contributed by atoms with van der Waals surface area (Å²) in [6.07, 6.45) is 5.87. The number of hydrogen-bond donors (Lipinski definition) is 1. The maximum Gasteiger partial charge on any atom is 0.0829 e. The lowest BCUT2D eigenvalue weighted by atomic mass is 9.77. The average molecular weight is 311 g/mol. The van der Waals surface area contributed by atoms with E-state index in [9.17, 15) is 5.11 Å². The predicted molar refractivity (Wildman–Crippen MR) is 79.6 cm³/mol. The van der Waals surface area contributed by atoms with E-state index in [0.29, 0.717) is 5.92 Å². The Balaban J connectivity index is 2.07. The fourth-order valence-electron chi connectivity index (χ4n) is 3.06. The molecule has 1 aliphatic carbocycles. The lowest BCUT2D eigenvalue weighted by Gasteiger charge is -2.31. The molecule has 0 saturated heterocycles. The highest BCUT2D eigenvalue weighted by molar-refractivity contribution is 9.10. The van der Waals surface area contributed by atoms with Crippen molar-refractivity contribution in [2.45, 2.75) is 52.1 Å². The van der Waals surface area contributed by atoms with Crippen molar-refractivity contribution in [3.8, 4) is 0 Å².